The molecule has 0 spiro atoms. The zero-order chi connectivity index (χ0) is 24.3. The number of nitrogens with one attached hydrogen (secondary N) is 1. The molecule has 0 bridgehead atoms. The maximum Gasteiger partial charge on any atom is 0.462 e. The maximum atomic E-state index is 13.1. The summed E-state index contributed by atoms with van der Waals surface area (Å²) in [5.74, 6) is -6.44. The van der Waals surface area contributed by atoms with Crippen molar-refractivity contribution in [2.24, 2.45) is 5.10 Å². The van der Waals surface area contributed by atoms with Crippen LogP contribution >= 0.6 is 23.2 Å². The first-order valence-corrected chi connectivity index (χ1v) is 8.89. The Morgan fingerprint density at radius 1 is 1.03 bits per heavy atom. The van der Waals surface area contributed by atoms with E-state index in [2.05, 4.69) is 5.10 Å². The summed E-state index contributed by atoms with van der Waals surface area (Å²) in [6, 6.07) is 1.75. The van der Waals surface area contributed by atoms with Gasteiger partial charge < -0.3 is 4.74 Å². The smallest absolute Gasteiger partial charge is 0.462 e. The van der Waals surface area contributed by atoms with Gasteiger partial charge in [0, 0.05) is 12.1 Å². The van der Waals surface area contributed by atoms with Gasteiger partial charge in [-0.05, 0) is 35.4 Å². The summed E-state index contributed by atoms with van der Waals surface area (Å²) in [7, 11) is 0. The van der Waals surface area contributed by atoms with E-state index < -0.39 is 23.1 Å². The molecular weight excluding hydrogens is 498 g/mol. The Hall–Kier alpha value is -2.80. The fourth-order valence-corrected chi connectivity index (χ4v) is 2.71. The van der Waals surface area contributed by atoms with Crippen LogP contribution in [0.3, 0.4) is 0 Å². The lowest BCUT2D eigenvalue weighted by Gasteiger charge is -2.27. The van der Waals surface area contributed by atoms with Gasteiger partial charge in [-0.2, -0.15) is 35.8 Å². The maximum absolute atomic E-state index is 13.1. The summed E-state index contributed by atoms with van der Waals surface area (Å²) in [6.07, 6.45) is -6.01. The summed E-state index contributed by atoms with van der Waals surface area (Å²) in [5.41, 5.74) is 0.725. The molecule has 1 N–H and O–H groups in total. The quantitative estimate of drug-likeness (QED) is 0.152. The number of nitro benzene ring substituents is 1. The molecule has 0 radical (unpaired) electrons. The van der Waals surface area contributed by atoms with Gasteiger partial charge in [0.05, 0.1) is 21.2 Å². The molecule has 2 rings (SSSR count). The van der Waals surface area contributed by atoms with Gasteiger partial charge in [-0.3, -0.25) is 10.1 Å². The Labute approximate surface area is 184 Å². The molecule has 0 amide bonds. The molecular formula is C17H10Cl2F7N3O3. The predicted octanol–water partition coefficient (Wildman–Crippen LogP) is 6.19. The van der Waals surface area contributed by atoms with Crippen LogP contribution in [0.15, 0.2) is 41.5 Å². The summed E-state index contributed by atoms with van der Waals surface area (Å²) < 4.78 is 93.5. The highest BCUT2D eigenvalue weighted by atomic mass is 35.5. The van der Waals surface area contributed by atoms with Crippen LogP contribution in [0.25, 0.3) is 0 Å². The van der Waals surface area contributed by atoms with Gasteiger partial charge >= 0.3 is 18.1 Å². The van der Waals surface area contributed by atoms with Gasteiger partial charge in [-0.1, -0.05) is 23.2 Å². The predicted molar refractivity (Wildman–Crippen MR) is 101 cm³/mol. The molecule has 0 aromatic heterocycles. The number of alkyl halides is 7. The molecule has 0 aliphatic heterocycles. The Morgan fingerprint density at radius 2 is 1.56 bits per heavy atom. The van der Waals surface area contributed by atoms with Gasteiger partial charge in [-0.25, -0.2) is 5.43 Å². The van der Waals surface area contributed by atoms with Crippen molar-refractivity contribution in [1.29, 1.82) is 0 Å². The number of nitro groups is 1. The molecule has 0 saturated heterocycles. The minimum atomic E-state index is -6.51. The summed E-state index contributed by atoms with van der Waals surface area (Å²) in [5, 5.41) is 13.0. The number of ether oxygens (including phenoxy) is 1. The third-order valence-electron chi connectivity index (χ3n) is 3.72. The second-order valence-electron chi connectivity index (χ2n) is 6.04. The van der Waals surface area contributed by atoms with E-state index in [0.717, 1.165) is 12.1 Å². The van der Waals surface area contributed by atoms with Gasteiger partial charge in [-0.15, -0.1) is 0 Å². The molecule has 2 aromatic carbocycles. The van der Waals surface area contributed by atoms with E-state index in [4.69, 9.17) is 27.9 Å². The Balaban J connectivity index is 2.09. The van der Waals surface area contributed by atoms with Gasteiger partial charge in [0.25, 0.3) is 5.69 Å². The summed E-state index contributed by atoms with van der Waals surface area (Å²) >= 11 is 11.9. The Morgan fingerprint density at radius 3 is 2.03 bits per heavy atom. The van der Waals surface area contributed by atoms with E-state index in [-0.39, 0.29) is 33.7 Å². The number of hydrogen-bond acceptors (Lipinski definition) is 5. The van der Waals surface area contributed by atoms with E-state index in [9.17, 15) is 40.8 Å². The Kier molecular flexibility index (Phi) is 7.45. The second kappa shape index (κ2) is 9.36. The molecule has 15 heteroatoms. The molecule has 0 atom stereocenters. The molecule has 0 heterocycles. The number of non-ortho nitro benzene ring substituents is 1. The number of rotatable bonds is 8. The number of hydrogen-bond donors (Lipinski definition) is 1. The fraction of sp³-hybridized carbons (Fsp3) is 0.235. The highest BCUT2D eigenvalue weighted by Crippen LogP contribution is 2.45. The lowest BCUT2D eigenvalue weighted by Crippen LogP contribution is -2.58. The van der Waals surface area contributed by atoms with Gasteiger partial charge in [0.15, 0.2) is 5.75 Å². The SMILES string of the molecule is O=[N+]([O-])c1ccc(COc2c(Cl)cc(/C=N/NC(F)(F)C(F)(F)C(F)(F)F)cc2Cl)cc1. The minimum Gasteiger partial charge on any atom is -0.486 e. The lowest BCUT2D eigenvalue weighted by molar-refractivity contribution is -0.384. The first-order chi connectivity index (χ1) is 14.7. The van der Waals surface area contributed by atoms with Crippen LogP contribution in [-0.2, 0) is 6.61 Å². The fourth-order valence-electron chi connectivity index (χ4n) is 2.10. The van der Waals surface area contributed by atoms with Crippen LogP contribution < -0.4 is 10.2 Å². The van der Waals surface area contributed by atoms with E-state index in [1.54, 1.807) is 0 Å². The van der Waals surface area contributed by atoms with Crippen LogP contribution in [0.1, 0.15) is 11.1 Å². The monoisotopic (exact) mass is 507 g/mol. The molecule has 0 saturated carbocycles. The van der Waals surface area contributed by atoms with Crippen molar-refractivity contribution in [3.63, 3.8) is 0 Å². The molecule has 32 heavy (non-hydrogen) atoms. The summed E-state index contributed by atoms with van der Waals surface area (Å²) in [6.45, 7) is -0.106. The highest BCUT2D eigenvalue weighted by molar-refractivity contribution is 6.37. The lowest BCUT2D eigenvalue weighted by atomic mass is 10.2. The Bertz CT molecular complexity index is 992. The largest absolute Gasteiger partial charge is 0.486 e. The van der Waals surface area contributed by atoms with Crippen LogP contribution in [-0.4, -0.2) is 29.3 Å². The first-order valence-electron chi connectivity index (χ1n) is 8.13. The zero-order valence-corrected chi connectivity index (χ0v) is 16.8. The van der Waals surface area contributed by atoms with Crippen LogP contribution in [0.5, 0.6) is 5.75 Å². The molecule has 2 aromatic rings. The third kappa shape index (κ3) is 5.71. The van der Waals surface area contributed by atoms with Crippen molar-refractivity contribution in [1.82, 2.24) is 5.43 Å². The topological polar surface area (TPSA) is 76.8 Å². The molecule has 174 valence electrons. The van der Waals surface area contributed by atoms with Crippen LogP contribution in [0.4, 0.5) is 36.4 Å². The average molecular weight is 508 g/mol. The number of hydrazone groups is 1. The highest BCUT2D eigenvalue weighted by Gasteiger charge is 2.73. The molecule has 0 aliphatic carbocycles. The molecule has 0 aliphatic rings. The first kappa shape index (κ1) is 25.5. The third-order valence-corrected chi connectivity index (χ3v) is 4.28. The minimum absolute atomic E-state index is 0.0641. The van der Waals surface area contributed by atoms with Crippen molar-refractivity contribution in [2.75, 3.05) is 0 Å². The number of nitrogens with zero attached hydrogens (tertiary/aromatic N) is 2. The number of benzene rings is 2. The van der Waals surface area contributed by atoms with E-state index in [0.29, 0.717) is 17.2 Å². The summed E-state index contributed by atoms with van der Waals surface area (Å²) in [4.78, 5) is 10.0. The zero-order valence-electron chi connectivity index (χ0n) is 15.3. The van der Waals surface area contributed by atoms with Gasteiger partial charge in [0.1, 0.15) is 6.61 Å². The van der Waals surface area contributed by atoms with Crippen LogP contribution in [0.2, 0.25) is 10.0 Å². The van der Waals surface area contributed by atoms with Crippen LogP contribution in [0, 0.1) is 10.1 Å². The number of halogens is 9. The van der Waals surface area contributed by atoms with E-state index in [1.165, 1.54) is 24.3 Å². The molecule has 0 fully saturated rings. The standard InChI is InChI=1S/C17H10Cl2F7N3O3/c18-12-5-10(7-27-28-17(25,26)15(20,21)16(22,23)24)6-13(19)14(12)32-8-9-1-3-11(4-2-9)29(30)31/h1-7,28H,8H2/b27-7+. The van der Waals surface area contributed by atoms with Crippen molar-refractivity contribution >= 4 is 35.1 Å². The van der Waals surface area contributed by atoms with Gasteiger partial charge in [0.2, 0.25) is 0 Å². The van der Waals surface area contributed by atoms with Crippen molar-refractivity contribution in [3.8, 4) is 5.75 Å². The second-order valence-corrected chi connectivity index (χ2v) is 6.86. The molecule has 0 unspecified atom stereocenters. The van der Waals surface area contributed by atoms with E-state index >= 15 is 0 Å². The van der Waals surface area contributed by atoms with Crippen molar-refractivity contribution in [2.45, 2.75) is 24.8 Å². The molecule has 6 nitrogen and oxygen atoms in total. The van der Waals surface area contributed by atoms with E-state index in [1.807, 2.05) is 0 Å². The van der Waals surface area contributed by atoms with Crippen molar-refractivity contribution in [3.05, 3.63) is 67.7 Å². The normalized spacial score (nSPS) is 12.8. The van der Waals surface area contributed by atoms with Crippen molar-refractivity contribution < 1.29 is 40.4 Å². The average Bonchev–Trinajstić information content (AvgIpc) is 2.66.